The normalized spacial score (nSPS) is 10.5. The van der Waals surface area contributed by atoms with Gasteiger partial charge in [0.1, 0.15) is 5.82 Å². The van der Waals surface area contributed by atoms with Gasteiger partial charge in [-0.25, -0.2) is 9.78 Å². The number of nitrogens with two attached hydrogens (primary N) is 2. The lowest BCUT2D eigenvalue weighted by atomic mass is 10.2. The Morgan fingerprint density at radius 1 is 1.26 bits per heavy atom. The first kappa shape index (κ1) is 14.4. The number of hydrogen-bond donors (Lipinski definition) is 4. The Morgan fingerprint density at radius 2 is 2.04 bits per heavy atom. The van der Waals surface area contributed by atoms with E-state index >= 15 is 0 Å². The maximum absolute atomic E-state index is 11.2. The van der Waals surface area contributed by atoms with Crippen molar-refractivity contribution in [1.29, 1.82) is 0 Å². The molecule has 1 aromatic carbocycles. The van der Waals surface area contributed by atoms with Crippen LogP contribution in [-0.2, 0) is 4.74 Å². The summed E-state index contributed by atoms with van der Waals surface area (Å²) in [5.74, 6) is 0.881. The van der Waals surface area contributed by atoms with Crippen molar-refractivity contribution in [3.8, 4) is 0 Å². The van der Waals surface area contributed by atoms with Gasteiger partial charge in [0.15, 0.2) is 11.5 Å². The number of nitrogens with zero attached hydrogens (tertiary/aromatic N) is 3. The van der Waals surface area contributed by atoms with E-state index in [1.165, 1.54) is 17.8 Å². The van der Waals surface area contributed by atoms with Gasteiger partial charge in [-0.3, -0.25) is 5.32 Å². The summed E-state index contributed by atoms with van der Waals surface area (Å²) in [6.07, 6.45) is 0.945. The molecule has 0 saturated carbocycles. The molecule has 118 valence electrons. The predicted molar refractivity (Wildman–Crippen MR) is 87.6 cm³/mol. The van der Waals surface area contributed by atoms with Crippen molar-refractivity contribution < 1.29 is 9.53 Å². The van der Waals surface area contributed by atoms with E-state index in [9.17, 15) is 4.79 Å². The second-order valence-electron chi connectivity index (χ2n) is 4.73. The minimum atomic E-state index is -0.544. The van der Waals surface area contributed by atoms with Crippen LogP contribution < -0.4 is 22.1 Å². The summed E-state index contributed by atoms with van der Waals surface area (Å²) in [7, 11) is 1.30. The largest absolute Gasteiger partial charge is 0.453 e. The molecule has 0 bridgehead atoms. The second-order valence-corrected chi connectivity index (χ2v) is 4.73. The number of nitrogen functional groups attached to an aromatic ring is 2. The minimum Gasteiger partial charge on any atom is -0.453 e. The Kier molecular flexibility index (Phi) is 3.59. The van der Waals surface area contributed by atoms with E-state index in [0.717, 1.165) is 0 Å². The molecule has 3 rings (SSSR count). The summed E-state index contributed by atoms with van der Waals surface area (Å²) in [6.45, 7) is 0. The molecule has 0 saturated heterocycles. The molecule has 23 heavy (non-hydrogen) atoms. The number of fused-ring (bicyclic) bond motifs is 1. The summed E-state index contributed by atoms with van der Waals surface area (Å²) in [6, 6.07) is 8.72. The molecule has 0 aliphatic carbocycles. The van der Waals surface area contributed by atoms with Gasteiger partial charge >= 0.3 is 6.09 Å². The van der Waals surface area contributed by atoms with Gasteiger partial charge in [0.2, 0.25) is 0 Å². The van der Waals surface area contributed by atoms with E-state index in [2.05, 4.69) is 25.5 Å². The van der Waals surface area contributed by atoms with E-state index in [-0.39, 0.29) is 0 Å². The van der Waals surface area contributed by atoms with Gasteiger partial charge < -0.3 is 21.5 Å². The van der Waals surface area contributed by atoms with Crippen LogP contribution >= 0.6 is 0 Å². The van der Waals surface area contributed by atoms with Crippen molar-refractivity contribution in [2.75, 3.05) is 29.2 Å². The highest BCUT2D eigenvalue weighted by Gasteiger charge is 2.08. The first-order valence-electron chi connectivity index (χ1n) is 6.68. The quantitative estimate of drug-likeness (QED) is 0.579. The molecule has 1 amide bonds. The predicted octanol–water partition coefficient (Wildman–Crippen LogP) is 1.82. The van der Waals surface area contributed by atoms with Crippen LogP contribution in [0.5, 0.6) is 0 Å². The zero-order valence-corrected chi connectivity index (χ0v) is 12.3. The van der Waals surface area contributed by atoms with Gasteiger partial charge in [0.05, 0.1) is 19.0 Å². The minimum absolute atomic E-state index is 0.386. The first-order valence-corrected chi connectivity index (χ1v) is 6.68. The van der Waals surface area contributed by atoms with E-state index in [0.29, 0.717) is 34.3 Å². The number of benzene rings is 1. The lowest BCUT2D eigenvalue weighted by molar-refractivity contribution is 0.187. The van der Waals surface area contributed by atoms with Crippen molar-refractivity contribution in [1.82, 2.24) is 14.6 Å². The monoisotopic (exact) mass is 313 g/mol. The van der Waals surface area contributed by atoms with Crippen LogP contribution in [0.15, 0.2) is 36.5 Å². The van der Waals surface area contributed by atoms with Crippen molar-refractivity contribution in [2.24, 2.45) is 0 Å². The third kappa shape index (κ3) is 2.93. The fourth-order valence-corrected chi connectivity index (χ4v) is 2.06. The SMILES string of the molecule is COC(=O)Nc1cccc(Nc2cc(N)c3ncc(N)n3n2)c1. The molecule has 0 aliphatic rings. The van der Waals surface area contributed by atoms with Crippen LogP contribution in [0.1, 0.15) is 0 Å². The molecule has 9 nitrogen and oxygen atoms in total. The Balaban J connectivity index is 1.88. The standard InChI is InChI=1S/C14H15N7O2/c1-23-14(22)19-9-4-2-3-8(5-9)18-12-6-10(15)13-17-7-11(16)21(13)20-12/h2-7H,15-16H2,1H3,(H,18,20)(H,19,22). The van der Waals surface area contributed by atoms with Crippen molar-refractivity contribution in [2.45, 2.75) is 0 Å². The maximum atomic E-state index is 11.2. The average molecular weight is 313 g/mol. The number of anilines is 5. The summed E-state index contributed by atoms with van der Waals surface area (Å²) >= 11 is 0. The third-order valence-corrected chi connectivity index (χ3v) is 3.09. The van der Waals surface area contributed by atoms with Gasteiger partial charge in [0.25, 0.3) is 0 Å². The van der Waals surface area contributed by atoms with Crippen LogP contribution in [0.2, 0.25) is 0 Å². The topological polar surface area (TPSA) is 133 Å². The number of amides is 1. The molecule has 3 aromatic rings. The lowest BCUT2D eigenvalue weighted by Crippen LogP contribution is -2.11. The van der Waals surface area contributed by atoms with Crippen LogP contribution in [0.4, 0.5) is 33.5 Å². The van der Waals surface area contributed by atoms with Crippen LogP contribution in [-0.4, -0.2) is 27.8 Å². The van der Waals surface area contributed by atoms with Gasteiger partial charge in [-0.2, -0.15) is 4.52 Å². The second kappa shape index (κ2) is 5.72. The molecule has 0 radical (unpaired) electrons. The molecular weight excluding hydrogens is 298 g/mol. The molecule has 0 aliphatic heterocycles. The molecule has 2 aromatic heterocycles. The van der Waals surface area contributed by atoms with E-state index < -0.39 is 6.09 Å². The molecule has 0 fully saturated rings. The number of nitrogens with one attached hydrogen (secondary N) is 2. The maximum Gasteiger partial charge on any atom is 0.411 e. The summed E-state index contributed by atoms with van der Waals surface area (Å²) in [5, 5.41) is 10.0. The number of imidazole rings is 1. The molecule has 6 N–H and O–H groups in total. The number of aromatic nitrogens is 3. The molecule has 0 spiro atoms. The zero-order valence-electron chi connectivity index (χ0n) is 12.3. The Labute approximate surface area is 131 Å². The van der Waals surface area contributed by atoms with E-state index in [4.69, 9.17) is 11.5 Å². The van der Waals surface area contributed by atoms with Crippen LogP contribution in [0.25, 0.3) is 5.65 Å². The molecule has 0 unspecified atom stereocenters. The van der Waals surface area contributed by atoms with E-state index in [1.807, 2.05) is 6.07 Å². The molecular formula is C14H15N7O2. The first-order chi connectivity index (χ1) is 11.1. The Bertz CT molecular complexity index is 875. The molecule has 0 atom stereocenters. The fourth-order valence-electron chi connectivity index (χ4n) is 2.06. The highest BCUT2D eigenvalue weighted by Crippen LogP contribution is 2.22. The van der Waals surface area contributed by atoms with Gasteiger partial charge in [-0.15, -0.1) is 5.10 Å². The number of hydrogen-bond acceptors (Lipinski definition) is 7. The van der Waals surface area contributed by atoms with Gasteiger partial charge in [0, 0.05) is 17.4 Å². The van der Waals surface area contributed by atoms with Crippen LogP contribution in [0, 0.1) is 0 Å². The van der Waals surface area contributed by atoms with Crippen molar-refractivity contribution in [3.63, 3.8) is 0 Å². The van der Waals surface area contributed by atoms with E-state index in [1.54, 1.807) is 24.3 Å². The number of ether oxygens (including phenoxy) is 1. The summed E-state index contributed by atoms with van der Waals surface area (Å²) in [4.78, 5) is 15.3. The summed E-state index contributed by atoms with van der Waals surface area (Å²) in [5.41, 5.74) is 14.0. The molecule has 9 heteroatoms. The Morgan fingerprint density at radius 3 is 2.83 bits per heavy atom. The number of carbonyl (C=O) groups excluding carboxylic acids is 1. The number of methoxy groups -OCH3 is 1. The van der Waals surface area contributed by atoms with Crippen molar-refractivity contribution in [3.05, 3.63) is 36.5 Å². The molecule has 2 heterocycles. The smallest absolute Gasteiger partial charge is 0.411 e. The number of rotatable bonds is 3. The fraction of sp³-hybridized carbons (Fsp3) is 0.0714. The zero-order chi connectivity index (χ0) is 16.4. The summed E-state index contributed by atoms with van der Waals surface area (Å²) < 4.78 is 6.01. The third-order valence-electron chi connectivity index (χ3n) is 3.09. The van der Waals surface area contributed by atoms with Crippen LogP contribution in [0.3, 0.4) is 0 Å². The number of carbonyl (C=O) groups is 1. The highest BCUT2D eigenvalue weighted by atomic mass is 16.5. The lowest BCUT2D eigenvalue weighted by Gasteiger charge is -2.10. The van der Waals surface area contributed by atoms with Crippen molar-refractivity contribution >= 4 is 40.4 Å². The highest BCUT2D eigenvalue weighted by molar-refractivity contribution is 5.85. The average Bonchev–Trinajstić information content (AvgIpc) is 2.89. The Hall–Kier alpha value is -3.49. The van der Waals surface area contributed by atoms with Gasteiger partial charge in [-0.1, -0.05) is 6.07 Å². The van der Waals surface area contributed by atoms with Gasteiger partial charge in [-0.05, 0) is 18.2 Å².